The van der Waals surface area contributed by atoms with Gasteiger partial charge in [0.2, 0.25) is 0 Å². The van der Waals surface area contributed by atoms with Gasteiger partial charge in [-0.1, -0.05) is 157 Å². The Morgan fingerprint density at radius 3 is 1.54 bits per heavy atom. The Labute approximate surface area is 328 Å². The molecule has 0 aliphatic carbocycles. The number of para-hydroxylation sites is 2. The van der Waals surface area contributed by atoms with Crippen LogP contribution in [0, 0.1) is 0 Å². The summed E-state index contributed by atoms with van der Waals surface area (Å²) in [4.78, 5) is 5.17. The van der Waals surface area contributed by atoms with Crippen molar-refractivity contribution < 1.29 is 4.42 Å². The molecule has 0 amide bonds. The molecule has 9 aromatic rings. The monoisotopic (exact) mass is 722 g/mol. The van der Waals surface area contributed by atoms with Gasteiger partial charge in [0.25, 0.3) is 6.71 Å². The van der Waals surface area contributed by atoms with E-state index in [0.29, 0.717) is 0 Å². The Balaban J connectivity index is 1.33. The molecule has 0 N–H and O–H groups in total. The Hall–Kier alpha value is -6.26. The first-order valence-corrected chi connectivity index (χ1v) is 19.9. The van der Waals surface area contributed by atoms with Gasteiger partial charge in [-0.05, 0) is 85.5 Å². The third-order valence-electron chi connectivity index (χ3n) is 12.3. The van der Waals surface area contributed by atoms with E-state index in [1.54, 1.807) is 0 Å². The minimum atomic E-state index is -0.127. The van der Waals surface area contributed by atoms with Gasteiger partial charge in [0.15, 0.2) is 0 Å². The van der Waals surface area contributed by atoms with Gasteiger partial charge < -0.3 is 14.2 Å². The summed E-state index contributed by atoms with van der Waals surface area (Å²) in [6.07, 6.45) is 0. The lowest BCUT2D eigenvalue weighted by molar-refractivity contribution is 0.591. The van der Waals surface area contributed by atoms with E-state index in [2.05, 4.69) is 203 Å². The van der Waals surface area contributed by atoms with E-state index in [4.69, 9.17) is 4.42 Å². The maximum Gasteiger partial charge on any atom is 0.257 e. The molecular formula is C52H43BN2O. The smallest absolute Gasteiger partial charge is 0.257 e. The summed E-state index contributed by atoms with van der Waals surface area (Å²) in [6, 6.07) is 56.3. The maximum absolute atomic E-state index is 7.04. The molecule has 0 saturated carbocycles. The molecule has 56 heavy (non-hydrogen) atoms. The Morgan fingerprint density at radius 1 is 0.411 bits per heavy atom. The first-order chi connectivity index (χ1) is 27.1. The highest BCUT2D eigenvalue weighted by molar-refractivity contribution is 7.01. The maximum atomic E-state index is 7.04. The minimum Gasteiger partial charge on any atom is -0.457 e. The molecule has 0 bridgehead atoms. The van der Waals surface area contributed by atoms with Gasteiger partial charge in [0, 0.05) is 44.3 Å². The average molecular weight is 723 g/mol. The number of hydrogen-bond acceptors (Lipinski definition) is 3. The number of rotatable bonds is 2. The van der Waals surface area contributed by atoms with Crippen LogP contribution in [-0.2, 0) is 10.8 Å². The number of furan rings is 1. The van der Waals surface area contributed by atoms with Gasteiger partial charge in [-0.3, -0.25) is 0 Å². The van der Waals surface area contributed by atoms with Crippen molar-refractivity contribution in [1.82, 2.24) is 0 Å². The van der Waals surface area contributed by atoms with Crippen molar-refractivity contribution in [3.05, 3.63) is 163 Å². The third-order valence-corrected chi connectivity index (χ3v) is 12.3. The lowest BCUT2D eigenvalue weighted by atomic mass is 9.33. The molecular weight excluding hydrogens is 679 g/mol. The fourth-order valence-electron chi connectivity index (χ4n) is 9.83. The lowest BCUT2D eigenvalue weighted by Gasteiger charge is -2.46. The van der Waals surface area contributed by atoms with Crippen LogP contribution in [0.5, 0.6) is 0 Å². The van der Waals surface area contributed by atoms with E-state index in [0.717, 1.165) is 27.6 Å². The van der Waals surface area contributed by atoms with Crippen LogP contribution < -0.4 is 26.2 Å². The number of hydrogen-bond donors (Lipinski definition) is 0. The second-order valence-electron chi connectivity index (χ2n) is 17.7. The molecule has 3 heterocycles. The van der Waals surface area contributed by atoms with Crippen LogP contribution in [0.4, 0.5) is 34.1 Å². The van der Waals surface area contributed by atoms with Crippen LogP contribution in [0.3, 0.4) is 0 Å². The zero-order valence-electron chi connectivity index (χ0n) is 32.8. The fraction of sp³-hybridized carbons (Fsp3) is 0.154. The van der Waals surface area contributed by atoms with E-state index in [1.165, 1.54) is 77.5 Å². The number of anilines is 6. The second kappa shape index (κ2) is 11.6. The molecule has 270 valence electrons. The average Bonchev–Trinajstić information content (AvgIpc) is 3.58. The van der Waals surface area contributed by atoms with Crippen molar-refractivity contribution in [2.45, 2.75) is 52.4 Å². The molecule has 0 fully saturated rings. The van der Waals surface area contributed by atoms with Crippen LogP contribution in [0.15, 0.2) is 156 Å². The molecule has 3 nitrogen and oxygen atoms in total. The van der Waals surface area contributed by atoms with E-state index in [1.807, 2.05) is 0 Å². The zero-order chi connectivity index (χ0) is 38.1. The highest BCUT2D eigenvalue weighted by atomic mass is 16.3. The van der Waals surface area contributed by atoms with Gasteiger partial charge >= 0.3 is 0 Å². The van der Waals surface area contributed by atoms with Crippen molar-refractivity contribution in [2.24, 2.45) is 0 Å². The standard InChI is InChI=1S/C52H43BN2O/c1-51(2,3)38-29-26-32-16-7-9-18-34(32)48(38)54-41-22-13-12-21-40(41)53-46-42(54)23-15-24-43(46)55(49-35-19-10-8-17-33(35)27-30-39(49)52(4,5)6)44-31-28-37-36-20-11-14-25-45(36)56-50(37)47(44)53/h7-31H,1-6H3. The molecule has 0 radical (unpaired) electrons. The summed E-state index contributed by atoms with van der Waals surface area (Å²) in [5.74, 6) is 0. The predicted octanol–water partition coefficient (Wildman–Crippen LogP) is 12.6. The summed E-state index contributed by atoms with van der Waals surface area (Å²) in [7, 11) is 0. The van der Waals surface area contributed by atoms with E-state index in [-0.39, 0.29) is 17.5 Å². The van der Waals surface area contributed by atoms with Gasteiger partial charge in [-0.15, -0.1) is 0 Å². The molecule has 4 heteroatoms. The van der Waals surface area contributed by atoms with Crippen molar-refractivity contribution in [3.63, 3.8) is 0 Å². The Kier molecular flexibility index (Phi) is 6.88. The predicted molar refractivity (Wildman–Crippen MR) is 240 cm³/mol. The molecule has 11 rings (SSSR count). The first kappa shape index (κ1) is 33.1. The summed E-state index contributed by atoms with van der Waals surface area (Å²) in [6.45, 7) is 14.0. The minimum absolute atomic E-state index is 0.0645. The number of benzene rings is 8. The van der Waals surface area contributed by atoms with Gasteiger partial charge in [-0.2, -0.15) is 0 Å². The third kappa shape index (κ3) is 4.59. The number of fused-ring (bicyclic) bond motifs is 10. The quantitative estimate of drug-likeness (QED) is 0.166. The lowest BCUT2D eigenvalue weighted by Crippen LogP contribution is -2.61. The van der Waals surface area contributed by atoms with Crippen LogP contribution in [-0.4, -0.2) is 6.71 Å². The van der Waals surface area contributed by atoms with Gasteiger partial charge in [0.1, 0.15) is 11.2 Å². The Bertz CT molecular complexity index is 3070. The molecule has 2 aliphatic rings. The molecule has 0 unspecified atom stereocenters. The summed E-state index contributed by atoms with van der Waals surface area (Å²) >= 11 is 0. The molecule has 1 aromatic heterocycles. The molecule has 0 saturated heterocycles. The summed E-state index contributed by atoms with van der Waals surface area (Å²) in [5, 5.41) is 7.25. The number of nitrogens with zero attached hydrogens (tertiary/aromatic N) is 2. The van der Waals surface area contributed by atoms with Crippen molar-refractivity contribution >= 4 is 101 Å². The summed E-state index contributed by atoms with van der Waals surface area (Å²) < 4.78 is 7.04. The normalized spacial score (nSPS) is 13.8. The molecule has 2 aliphatic heterocycles. The van der Waals surface area contributed by atoms with Crippen LogP contribution in [0.2, 0.25) is 0 Å². The zero-order valence-corrected chi connectivity index (χ0v) is 32.8. The highest BCUT2D eigenvalue weighted by Gasteiger charge is 2.46. The largest absolute Gasteiger partial charge is 0.457 e. The van der Waals surface area contributed by atoms with Crippen molar-refractivity contribution in [1.29, 1.82) is 0 Å². The summed E-state index contributed by atoms with van der Waals surface area (Å²) in [5.41, 5.74) is 15.3. The van der Waals surface area contributed by atoms with Gasteiger partial charge in [0.05, 0.1) is 11.4 Å². The van der Waals surface area contributed by atoms with Crippen molar-refractivity contribution in [3.8, 4) is 0 Å². The topological polar surface area (TPSA) is 19.6 Å². The van der Waals surface area contributed by atoms with Crippen LogP contribution in [0.25, 0.3) is 43.5 Å². The first-order valence-electron chi connectivity index (χ1n) is 19.9. The van der Waals surface area contributed by atoms with Crippen LogP contribution >= 0.6 is 0 Å². The highest BCUT2D eigenvalue weighted by Crippen LogP contribution is 2.51. The van der Waals surface area contributed by atoms with Crippen molar-refractivity contribution in [2.75, 3.05) is 9.80 Å². The molecule has 0 spiro atoms. The second-order valence-corrected chi connectivity index (χ2v) is 17.7. The fourth-order valence-corrected chi connectivity index (χ4v) is 9.83. The molecule has 0 atom stereocenters. The Morgan fingerprint density at radius 2 is 0.911 bits per heavy atom. The van der Waals surface area contributed by atoms with E-state index in [9.17, 15) is 0 Å². The van der Waals surface area contributed by atoms with Crippen LogP contribution in [0.1, 0.15) is 52.7 Å². The molecule has 8 aromatic carbocycles. The van der Waals surface area contributed by atoms with E-state index >= 15 is 0 Å². The van der Waals surface area contributed by atoms with E-state index < -0.39 is 0 Å². The van der Waals surface area contributed by atoms with Gasteiger partial charge in [-0.25, -0.2) is 0 Å². The SMILES string of the molecule is CC(C)(C)c1ccc2ccccc2c1N1c2ccccc2B2c3c1cccc3N(c1c(C(C)(C)C)ccc3ccccc13)c1ccc3c(oc4ccccc43)c12.